The van der Waals surface area contributed by atoms with Crippen LogP contribution in [0.15, 0.2) is 24.4 Å². The molecular formula is C11H11F3N2O. The normalized spacial score (nSPS) is 13.1. The van der Waals surface area contributed by atoms with Gasteiger partial charge in [-0.3, -0.25) is 4.98 Å². The topological polar surface area (TPSA) is 45.9 Å². The summed E-state index contributed by atoms with van der Waals surface area (Å²) in [5, 5.41) is 8.32. The molecule has 1 rings (SSSR count). The summed E-state index contributed by atoms with van der Waals surface area (Å²) in [4.78, 5) is 4.00. The van der Waals surface area contributed by atoms with Crippen molar-refractivity contribution in [2.75, 3.05) is 13.2 Å². The molecule has 1 unspecified atom stereocenters. The van der Waals surface area contributed by atoms with E-state index in [2.05, 4.69) is 4.98 Å². The number of hydrogen-bond acceptors (Lipinski definition) is 3. The van der Waals surface area contributed by atoms with E-state index >= 15 is 0 Å². The number of ether oxygens (including phenoxy) is 1. The first-order chi connectivity index (χ1) is 8.04. The zero-order valence-electron chi connectivity index (χ0n) is 8.94. The molecule has 1 aromatic heterocycles. The maximum Gasteiger partial charge on any atom is 0.406 e. The molecule has 1 heterocycles. The van der Waals surface area contributed by atoms with Gasteiger partial charge in [0.15, 0.2) is 5.92 Å². The second-order valence-corrected chi connectivity index (χ2v) is 3.37. The molecule has 92 valence electrons. The van der Waals surface area contributed by atoms with E-state index < -0.39 is 18.7 Å². The van der Waals surface area contributed by atoms with Crippen molar-refractivity contribution < 1.29 is 17.9 Å². The Morgan fingerprint density at radius 2 is 2.18 bits per heavy atom. The van der Waals surface area contributed by atoms with E-state index in [0.29, 0.717) is 6.42 Å². The van der Waals surface area contributed by atoms with Crippen LogP contribution in [-0.4, -0.2) is 24.4 Å². The van der Waals surface area contributed by atoms with Gasteiger partial charge in [0.05, 0.1) is 19.3 Å². The first-order valence-corrected chi connectivity index (χ1v) is 4.98. The van der Waals surface area contributed by atoms with Crippen molar-refractivity contribution in [2.24, 2.45) is 5.92 Å². The molecule has 1 atom stereocenters. The Morgan fingerprint density at radius 3 is 2.71 bits per heavy atom. The molecule has 1 aromatic rings. The Kier molecular flexibility index (Phi) is 4.91. The lowest BCUT2D eigenvalue weighted by atomic mass is 10.2. The van der Waals surface area contributed by atoms with Crippen molar-refractivity contribution in [1.82, 2.24) is 4.98 Å². The largest absolute Gasteiger partial charge is 0.406 e. The van der Waals surface area contributed by atoms with Gasteiger partial charge in [0.2, 0.25) is 0 Å². The second-order valence-electron chi connectivity index (χ2n) is 3.37. The van der Waals surface area contributed by atoms with Gasteiger partial charge in [0.1, 0.15) is 0 Å². The third-order valence-electron chi connectivity index (χ3n) is 2.06. The first kappa shape index (κ1) is 13.5. The molecule has 0 bridgehead atoms. The van der Waals surface area contributed by atoms with Crippen LogP contribution in [0.1, 0.15) is 5.69 Å². The van der Waals surface area contributed by atoms with Crippen LogP contribution in [0.25, 0.3) is 0 Å². The van der Waals surface area contributed by atoms with E-state index in [1.54, 1.807) is 24.4 Å². The number of halogens is 3. The number of hydrogen-bond donors (Lipinski definition) is 0. The average molecular weight is 244 g/mol. The van der Waals surface area contributed by atoms with Crippen LogP contribution < -0.4 is 0 Å². The molecular weight excluding hydrogens is 233 g/mol. The Morgan fingerprint density at radius 1 is 1.41 bits per heavy atom. The number of pyridine rings is 1. The van der Waals surface area contributed by atoms with Crippen LogP contribution >= 0.6 is 0 Å². The van der Waals surface area contributed by atoms with Crippen molar-refractivity contribution in [3.8, 4) is 6.07 Å². The minimum Gasteiger partial charge on any atom is -0.379 e. The fourth-order valence-electron chi connectivity index (χ4n) is 1.13. The predicted molar refractivity (Wildman–Crippen MR) is 53.9 cm³/mol. The van der Waals surface area contributed by atoms with E-state index in [9.17, 15) is 13.2 Å². The van der Waals surface area contributed by atoms with Crippen molar-refractivity contribution in [3.63, 3.8) is 0 Å². The van der Waals surface area contributed by atoms with E-state index in [0.717, 1.165) is 5.69 Å². The molecule has 0 aliphatic heterocycles. The number of nitrogens with zero attached hydrogens (tertiary/aromatic N) is 2. The van der Waals surface area contributed by atoms with Gasteiger partial charge in [-0.1, -0.05) is 6.07 Å². The van der Waals surface area contributed by atoms with Gasteiger partial charge in [-0.2, -0.15) is 18.4 Å². The Hall–Kier alpha value is -1.61. The Bertz CT molecular complexity index is 373. The van der Waals surface area contributed by atoms with Crippen LogP contribution in [0, 0.1) is 17.2 Å². The van der Waals surface area contributed by atoms with Gasteiger partial charge in [-0.15, -0.1) is 0 Å². The standard InChI is InChI=1S/C11H11F3N2O/c12-11(13,14)9(7-15)8-17-6-4-10-3-1-2-5-16-10/h1-3,5,9H,4,6,8H2. The molecule has 0 saturated heterocycles. The maximum absolute atomic E-state index is 12.2. The highest BCUT2D eigenvalue weighted by Crippen LogP contribution is 2.25. The van der Waals surface area contributed by atoms with E-state index in [4.69, 9.17) is 10.00 Å². The van der Waals surface area contributed by atoms with Crippen LogP contribution in [0.3, 0.4) is 0 Å². The van der Waals surface area contributed by atoms with Crippen molar-refractivity contribution >= 4 is 0 Å². The Balaban J connectivity index is 2.27. The maximum atomic E-state index is 12.2. The van der Waals surface area contributed by atoms with E-state index in [-0.39, 0.29) is 6.61 Å². The summed E-state index contributed by atoms with van der Waals surface area (Å²) >= 11 is 0. The van der Waals surface area contributed by atoms with Crippen molar-refractivity contribution in [2.45, 2.75) is 12.6 Å². The minimum absolute atomic E-state index is 0.116. The number of aromatic nitrogens is 1. The molecule has 0 aliphatic rings. The highest BCUT2D eigenvalue weighted by molar-refractivity contribution is 5.03. The summed E-state index contributed by atoms with van der Waals surface area (Å²) < 4.78 is 41.3. The molecule has 0 spiro atoms. The minimum atomic E-state index is -4.53. The quantitative estimate of drug-likeness (QED) is 0.747. The molecule has 3 nitrogen and oxygen atoms in total. The molecule has 0 amide bonds. The van der Waals surface area contributed by atoms with Gasteiger partial charge in [-0.25, -0.2) is 0 Å². The lowest BCUT2D eigenvalue weighted by molar-refractivity contribution is -0.171. The summed E-state index contributed by atoms with van der Waals surface area (Å²) in [6.45, 7) is -0.516. The van der Waals surface area contributed by atoms with Gasteiger partial charge in [0.25, 0.3) is 0 Å². The molecule has 0 aliphatic carbocycles. The molecule has 6 heteroatoms. The van der Waals surface area contributed by atoms with Gasteiger partial charge in [-0.05, 0) is 12.1 Å². The molecule has 0 fully saturated rings. The highest BCUT2D eigenvalue weighted by Gasteiger charge is 2.39. The summed E-state index contributed by atoms with van der Waals surface area (Å²) in [7, 11) is 0. The average Bonchev–Trinajstić information content (AvgIpc) is 2.28. The van der Waals surface area contributed by atoms with Crippen molar-refractivity contribution in [3.05, 3.63) is 30.1 Å². The van der Waals surface area contributed by atoms with Gasteiger partial charge in [0, 0.05) is 18.3 Å². The van der Waals surface area contributed by atoms with E-state index in [1.165, 1.54) is 6.07 Å². The molecule has 0 radical (unpaired) electrons. The van der Waals surface area contributed by atoms with Crippen LogP contribution in [-0.2, 0) is 11.2 Å². The third kappa shape index (κ3) is 4.83. The lowest BCUT2D eigenvalue weighted by Crippen LogP contribution is -2.26. The first-order valence-electron chi connectivity index (χ1n) is 4.98. The monoisotopic (exact) mass is 244 g/mol. The highest BCUT2D eigenvalue weighted by atomic mass is 19.4. The zero-order chi connectivity index (χ0) is 12.7. The van der Waals surface area contributed by atoms with Crippen LogP contribution in [0.4, 0.5) is 13.2 Å². The number of rotatable bonds is 5. The summed E-state index contributed by atoms with van der Waals surface area (Å²) in [6, 6.07) is 6.47. The molecule has 0 aromatic carbocycles. The molecule has 0 saturated carbocycles. The predicted octanol–water partition coefficient (Wildman–Crippen LogP) is 2.34. The summed E-state index contributed by atoms with van der Waals surface area (Å²) in [5.74, 6) is -2.06. The number of nitriles is 1. The summed E-state index contributed by atoms with van der Waals surface area (Å²) in [5.41, 5.74) is 0.744. The van der Waals surface area contributed by atoms with E-state index in [1.807, 2.05) is 0 Å². The lowest BCUT2D eigenvalue weighted by Gasteiger charge is -2.13. The fourth-order valence-corrected chi connectivity index (χ4v) is 1.13. The molecule has 0 N–H and O–H groups in total. The van der Waals surface area contributed by atoms with Crippen LogP contribution in [0.2, 0.25) is 0 Å². The smallest absolute Gasteiger partial charge is 0.379 e. The summed E-state index contributed by atoms with van der Waals surface area (Å²) in [6.07, 6.45) is -2.50. The number of alkyl halides is 3. The fraction of sp³-hybridized carbons (Fsp3) is 0.455. The van der Waals surface area contributed by atoms with Gasteiger partial charge >= 0.3 is 6.18 Å². The van der Waals surface area contributed by atoms with Gasteiger partial charge < -0.3 is 4.74 Å². The van der Waals surface area contributed by atoms with Crippen molar-refractivity contribution in [1.29, 1.82) is 5.26 Å². The molecule has 17 heavy (non-hydrogen) atoms. The zero-order valence-corrected chi connectivity index (χ0v) is 8.94. The second kappa shape index (κ2) is 6.21. The third-order valence-corrected chi connectivity index (χ3v) is 2.06. The SMILES string of the molecule is N#CC(COCCc1ccccn1)C(F)(F)F. The van der Waals surface area contributed by atoms with Crippen LogP contribution in [0.5, 0.6) is 0 Å². The Labute approximate surface area is 96.8 Å².